The van der Waals surface area contributed by atoms with Crippen molar-refractivity contribution in [3.05, 3.63) is 20.8 Å². The average Bonchev–Trinajstić information content (AvgIpc) is 2.23. The van der Waals surface area contributed by atoms with E-state index in [0.29, 0.717) is 6.54 Å². The van der Waals surface area contributed by atoms with Crippen LogP contribution in [0.1, 0.15) is 13.8 Å². The van der Waals surface area contributed by atoms with E-state index in [2.05, 4.69) is 10.3 Å². The molecule has 1 aromatic rings. The first kappa shape index (κ1) is 13.3. The molecule has 0 amide bonds. The highest BCUT2D eigenvalue weighted by Crippen LogP contribution is 2.11. The second kappa shape index (κ2) is 5.53. The smallest absolute Gasteiger partial charge is 0.330 e. The van der Waals surface area contributed by atoms with Gasteiger partial charge in [-0.15, -0.1) is 0 Å². The van der Waals surface area contributed by atoms with Crippen LogP contribution in [0.25, 0.3) is 0 Å². The number of H-pyrrole nitrogens is 1. The normalized spacial score (nSPS) is 10.8. The van der Waals surface area contributed by atoms with Crippen molar-refractivity contribution in [2.75, 3.05) is 24.2 Å². The molecule has 7 heteroatoms. The third-order valence-corrected chi connectivity index (χ3v) is 2.20. The quantitative estimate of drug-likeness (QED) is 0.538. The van der Waals surface area contributed by atoms with Crippen LogP contribution in [0.4, 0.5) is 11.5 Å². The van der Waals surface area contributed by atoms with Crippen LogP contribution in [0.15, 0.2) is 9.59 Å². The lowest BCUT2D eigenvalue weighted by Gasteiger charge is -2.14. The Bertz CT molecular complexity index is 489. The van der Waals surface area contributed by atoms with E-state index in [4.69, 9.17) is 10.8 Å². The second-order valence-electron chi connectivity index (χ2n) is 4.17. The van der Waals surface area contributed by atoms with E-state index in [1.165, 1.54) is 4.57 Å². The molecule has 0 atom stereocenters. The SMILES string of the molecule is CC(C)Cn1c(N)c(NCCO)c(=O)[nH]c1=O. The van der Waals surface area contributed by atoms with Crippen molar-refractivity contribution < 1.29 is 5.11 Å². The van der Waals surface area contributed by atoms with Crippen molar-refractivity contribution in [3.8, 4) is 0 Å². The Morgan fingerprint density at radius 3 is 2.65 bits per heavy atom. The minimum atomic E-state index is -0.569. The van der Waals surface area contributed by atoms with Gasteiger partial charge in [-0.2, -0.15) is 0 Å². The molecule has 0 saturated carbocycles. The Kier molecular flexibility index (Phi) is 4.33. The van der Waals surface area contributed by atoms with E-state index in [1.807, 2.05) is 13.8 Å². The number of hydrogen-bond donors (Lipinski definition) is 4. The Labute approximate surface area is 98.3 Å². The van der Waals surface area contributed by atoms with Gasteiger partial charge in [-0.25, -0.2) is 4.79 Å². The fraction of sp³-hybridized carbons (Fsp3) is 0.600. The number of nitrogens with zero attached hydrogens (tertiary/aromatic N) is 1. The lowest BCUT2D eigenvalue weighted by Crippen LogP contribution is -2.35. The highest BCUT2D eigenvalue weighted by atomic mass is 16.3. The van der Waals surface area contributed by atoms with Gasteiger partial charge in [0.1, 0.15) is 11.5 Å². The van der Waals surface area contributed by atoms with Crippen LogP contribution in [-0.4, -0.2) is 27.8 Å². The molecule has 0 aliphatic rings. The van der Waals surface area contributed by atoms with Gasteiger partial charge in [0.05, 0.1) is 6.61 Å². The monoisotopic (exact) mass is 242 g/mol. The minimum absolute atomic E-state index is 0.0981. The number of aromatic amines is 1. The van der Waals surface area contributed by atoms with Crippen molar-refractivity contribution in [2.24, 2.45) is 5.92 Å². The number of hydrogen-bond acceptors (Lipinski definition) is 5. The Balaban J connectivity index is 3.23. The Morgan fingerprint density at radius 2 is 2.12 bits per heavy atom. The first-order chi connectivity index (χ1) is 7.97. The molecule has 0 aliphatic heterocycles. The van der Waals surface area contributed by atoms with Gasteiger partial charge < -0.3 is 16.2 Å². The predicted molar refractivity (Wildman–Crippen MR) is 66.1 cm³/mol. The van der Waals surface area contributed by atoms with Crippen LogP contribution in [0.2, 0.25) is 0 Å². The zero-order valence-electron chi connectivity index (χ0n) is 9.99. The van der Waals surface area contributed by atoms with Gasteiger partial charge >= 0.3 is 5.69 Å². The standard InChI is InChI=1S/C10H18N4O3/c1-6(2)5-14-8(11)7(12-3-4-15)9(16)13-10(14)17/h6,12,15H,3-5,11H2,1-2H3,(H,13,16,17). The number of nitrogens with one attached hydrogen (secondary N) is 2. The predicted octanol–water partition coefficient (Wildman–Crippen LogP) is -0.821. The average molecular weight is 242 g/mol. The van der Waals surface area contributed by atoms with E-state index >= 15 is 0 Å². The van der Waals surface area contributed by atoms with E-state index in [1.54, 1.807) is 0 Å². The molecule has 0 unspecified atom stereocenters. The Morgan fingerprint density at radius 1 is 1.47 bits per heavy atom. The number of aromatic nitrogens is 2. The van der Waals surface area contributed by atoms with E-state index in [-0.39, 0.29) is 30.6 Å². The van der Waals surface area contributed by atoms with Crippen molar-refractivity contribution in [1.29, 1.82) is 0 Å². The number of aliphatic hydroxyl groups is 1. The summed E-state index contributed by atoms with van der Waals surface area (Å²) in [6, 6.07) is 0. The molecule has 1 heterocycles. The summed E-state index contributed by atoms with van der Waals surface area (Å²) in [4.78, 5) is 25.3. The van der Waals surface area contributed by atoms with Crippen LogP contribution in [0.3, 0.4) is 0 Å². The molecule has 0 aliphatic carbocycles. The summed E-state index contributed by atoms with van der Waals surface area (Å²) in [6.45, 7) is 4.39. The van der Waals surface area contributed by atoms with Crippen LogP contribution < -0.4 is 22.3 Å². The van der Waals surface area contributed by atoms with Crippen molar-refractivity contribution >= 4 is 11.5 Å². The molecule has 5 N–H and O–H groups in total. The van der Waals surface area contributed by atoms with Crippen molar-refractivity contribution in [2.45, 2.75) is 20.4 Å². The van der Waals surface area contributed by atoms with E-state index in [0.717, 1.165) is 0 Å². The van der Waals surface area contributed by atoms with Crippen LogP contribution in [0.5, 0.6) is 0 Å². The van der Waals surface area contributed by atoms with Gasteiger partial charge in [-0.05, 0) is 5.92 Å². The fourth-order valence-electron chi connectivity index (χ4n) is 1.49. The molecule has 1 aromatic heterocycles. The van der Waals surface area contributed by atoms with Gasteiger partial charge in [0.15, 0.2) is 0 Å². The lowest BCUT2D eigenvalue weighted by atomic mass is 10.2. The maximum absolute atomic E-state index is 11.6. The van der Waals surface area contributed by atoms with Gasteiger partial charge in [-0.1, -0.05) is 13.8 Å². The molecule has 0 bridgehead atoms. The summed E-state index contributed by atoms with van der Waals surface area (Å²) in [7, 11) is 0. The fourth-order valence-corrected chi connectivity index (χ4v) is 1.49. The molecule has 96 valence electrons. The summed E-state index contributed by atoms with van der Waals surface area (Å²) >= 11 is 0. The molecular formula is C10H18N4O3. The summed E-state index contributed by atoms with van der Waals surface area (Å²) in [5.74, 6) is 0.326. The number of nitrogens with two attached hydrogens (primary N) is 1. The Hall–Kier alpha value is -1.76. The molecular weight excluding hydrogens is 224 g/mol. The molecule has 0 saturated heterocycles. The van der Waals surface area contributed by atoms with Gasteiger partial charge in [0.2, 0.25) is 0 Å². The molecule has 0 aromatic carbocycles. The summed E-state index contributed by atoms with van der Waals surface area (Å²) in [6.07, 6.45) is 0. The molecule has 1 rings (SSSR count). The summed E-state index contributed by atoms with van der Waals surface area (Å²) in [5, 5.41) is 11.4. The van der Waals surface area contributed by atoms with Gasteiger partial charge in [0.25, 0.3) is 5.56 Å². The van der Waals surface area contributed by atoms with Crippen LogP contribution >= 0.6 is 0 Å². The first-order valence-corrected chi connectivity index (χ1v) is 5.44. The number of nitrogen functional groups attached to an aromatic ring is 1. The number of aliphatic hydroxyl groups excluding tert-OH is 1. The van der Waals surface area contributed by atoms with Crippen molar-refractivity contribution in [1.82, 2.24) is 9.55 Å². The highest BCUT2D eigenvalue weighted by molar-refractivity contribution is 5.60. The van der Waals surface area contributed by atoms with Gasteiger partial charge in [0, 0.05) is 13.1 Å². The lowest BCUT2D eigenvalue weighted by molar-refractivity contribution is 0.311. The van der Waals surface area contributed by atoms with Crippen LogP contribution in [0, 0.1) is 5.92 Å². The number of anilines is 2. The zero-order valence-corrected chi connectivity index (χ0v) is 9.99. The largest absolute Gasteiger partial charge is 0.395 e. The highest BCUT2D eigenvalue weighted by Gasteiger charge is 2.12. The number of rotatable bonds is 5. The summed E-state index contributed by atoms with van der Waals surface area (Å²) < 4.78 is 1.31. The maximum atomic E-state index is 11.6. The zero-order chi connectivity index (χ0) is 13.0. The van der Waals surface area contributed by atoms with Gasteiger partial charge in [-0.3, -0.25) is 14.3 Å². The summed E-state index contributed by atoms with van der Waals surface area (Å²) in [5.41, 5.74) is 4.81. The molecule has 0 radical (unpaired) electrons. The topological polar surface area (TPSA) is 113 Å². The second-order valence-corrected chi connectivity index (χ2v) is 4.17. The molecule has 7 nitrogen and oxygen atoms in total. The minimum Gasteiger partial charge on any atom is -0.395 e. The molecule has 0 fully saturated rings. The molecule has 0 spiro atoms. The van der Waals surface area contributed by atoms with Crippen LogP contribution in [-0.2, 0) is 6.54 Å². The van der Waals surface area contributed by atoms with Crippen molar-refractivity contribution in [3.63, 3.8) is 0 Å². The third-order valence-electron chi connectivity index (χ3n) is 2.20. The van der Waals surface area contributed by atoms with E-state index < -0.39 is 11.2 Å². The van der Waals surface area contributed by atoms with E-state index in [9.17, 15) is 9.59 Å². The third kappa shape index (κ3) is 3.10. The molecule has 17 heavy (non-hydrogen) atoms. The maximum Gasteiger partial charge on any atom is 0.330 e. The first-order valence-electron chi connectivity index (χ1n) is 5.44.